The summed E-state index contributed by atoms with van der Waals surface area (Å²) in [5.74, 6) is 3.66. The van der Waals surface area contributed by atoms with Crippen LogP contribution in [0.3, 0.4) is 0 Å². The maximum atomic E-state index is 5.24. The predicted molar refractivity (Wildman–Crippen MR) is 107 cm³/mol. The third-order valence-electron chi connectivity index (χ3n) is 4.16. The van der Waals surface area contributed by atoms with E-state index in [9.17, 15) is 0 Å². The van der Waals surface area contributed by atoms with Gasteiger partial charge in [-0.1, -0.05) is 6.92 Å². The second-order valence-electron chi connectivity index (χ2n) is 5.84. The summed E-state index contributed by atoms with van der Waals surface area (Å²) in [6, 6.07) is 10.1. The second-order valence-corrected chi connectivity index (χ2v) is 7.12. The van der Waals surface area contributed by atoms with Crippen LogP contribution in [0.5, 0.6) is 5.75 Å². The smallest absolute Gasteiger partial charge is 0.162 e. The largest absolute Gasteiger partial charge is 0.497 e. The van der Waals surface area contributed by atoms with E-state index in [4.69, 9.17) is 14.7 Å². The Morgan fingerprint density at radius 2 is 1.76 bits per heavy atom. The zero-order valence-electron chi connectivity index (χ0n) is 14.9. The fourth-order valence-corrected chi connectivity index (χ4v) is 3.34. The molecule has 136 valence electrons. The fraction of sp³-hybridized carbons (Fsp3) is 0.444. The number of rotatable bonds is 5. The van der Waals surface area contributed by atoms with E-state index in [1.165, 1.54) is 0 Å². The highest BCUT2D eigenvalue weighted by molar-refractivity contribution is 7.99. The van der Waals surface area contributed by atoms with E-state index in [1.54, 1.807) is 18.9 Å². The molecule has 1 saturated heterocycles. The topological polar surface area (TPSA) is 41.5 Å². The molecule has 0 aliphatic carbocycles. The van der Waals surface area contributed by atoms with Gasteiger partial charge in [-0.3, -0.25) is 0 Å². The van der Waals surface area contributed by atoms with Crippen LogP contribution in [-0.4, -0.2) is 61.0 Å². The van der Waals surface area contributed by atoms with Crippen LogP contribution in [-0.2, 0) is 0 Å². The number of hydrogen-bond donors (Lipinski definition) is 0. The molecule has 0 N–H and O–H groups in total. The van der Waals surface area contributed by atoms with Crippen molar-refractivity contribution in [1.29, 1.82) is 0 Å². The van der Waals surface area contributed by atoms with E-state index in [0.717, 1.165) is 59.9 Å². The number of aromatic nitrogens is 2. The van der Waals surface area contributed by atoms with Crippen molar-refractivity contribution in [3.8, 4) is 17.1 Å². The van der Waals surface area contributed by atoms with Gasteiger partial charge in [0.2, 0.25) is 0 Å². The summed E-state index contributed by atoms with van der Waals surface area (Å²) in [6.07, 6.45) is 0. The first-order chi connectivity index (χ1) is 11.7. The highest BCUT2D eigenvalue weighted by Gasteiger charge is 2.17. The normalized spacial score (nSPS) is 14.9. The van der Waals surface area contributed by atoms with Gasteiger partial charge in [-0.15, -0.1) is 24.2 Å². The van der Waals surface area contributed by atoms with Gasteiger partial charge < -0.3 is 14.5 Å². The van der Waals surface area contributed by atoms with Crippen LogP contribution in [0.25, 0.3) is 11.4 Å². The Morgan fingerprint density at radius 3 is 2.36 bits per heavy atom. The summed E-state index contributed by atoms with van der Waals surface area (Å²) in [4.78, 5) is 14.3. The van der Waals surface area contributed by atoms with Crippen LogP contribution < -0.4 is 9.64 Å². The van der Waals surface area contributed by atoms with E-state index in [2.05, 4.69) is 29.8 Å². The van der Waals surface area contributed by atoms with Crippen LogP contribution in [0, 0.1) is 0 Å². The molecule has 1 fully saturated rings. The van der Waals surface area contributed by atoms with Gasteiger partial charge >= 0.3 is 0 Å². The molecule has 5 nitrogen and oxygen atoms in total. The SMILES string of the molecule is CCSc1cc(N2CCN(C)CC2)nc(-c2ccc(OC)cc2)n1.Cl. The molecule has 1 aromatic heterocycles. The number of halogens is 1. The Labute approximate surface area is 160 Å². The molecule has 1 aliphatic heterocycles. The monoisotopic (exact) mass is 380 g/mol. The van der Waals surface area contributed by atoms with E-state index in [-0.39, 0.29) is 12.4 Å². The standard InChI is InChI=1S/C18H24N4OS.ClH/c1-4-24-17-13-16(22-11-9-21(2)10-12-22)19-18(20-17)14-5-7-15(23-3)8-6-14;/h5-8,13H,4,9-12H2,1-3H3;1H. The van der Waals surface area contributed by atoms with Crippen molar-refractivity contribution >= 4 is 30.0 Å². The third kappa shape index (κ3) is 5.00. The van der Waals surface area contributed by atoms with Crippen molar-refractivity contribution in [1.82, 2.24) is 14.9 Å². The van der Waals surface area contributed by atoms with Crippen molar-refractivity contribution in [2.24, 2.45) is 0 Å². The fourth-order valence-electron chi connectivity index (χ4n) is 2.70. The molecule has 2 aromatic rings. The molecule has 25 heavy (non-hydrogen) atoms. The minimum atomic E-state index is 0. The first-order valence-electron chi connectivity index (χ1n) is 8.29. The van der Waals surface area contributed by atoms with Gasteiger partial charge in [-0.05, 0) is 37.1 Å². The Hall–Kier alpha value is -1.50. The molecule has 0 bridgehead atoms. The molecular formula is C18H25ClN4OS. The summed E-state index contributed by atoms with van der Waals surface area (Å²) in [7, 11) is 3.84. The van der Waals surface area contributed by atoms with Crippen molar-refractivity contribution < 1.29 is 4.74 Å². The highest BCUT2D eigenvalue weighted by Crippen LogP contribution is 2.27. The average molecular weight is 381 g/mol. The van der Waals surface area contributed by atoms with E-state index in [1.807, 2.05) is 24.3 Å². The Bertz CT molecular complexity index is 675. The molecular weight excluding hydrogens is 356 g/mol. The van der Waals surface area contributed by atoms with Crippen LogP contribution in [0.1, 0.15) is 6.92 Å². The lowest BCUT2D eigenvalue weighted by atomic mass is 10.2. The van der Waals surface area contributed by atoms with E-state index >= 15 is 0 Å². The predicted octanol–water partition coefficient (Wildman–Crippen LogP) is 3.44. The van der Waals surface area contributed by atoms with Gasteiger partial charge in [0.25, 0.3) is 0 Å². The molecule has 0 radical (unpaired) electrons. The number of methoxy groups -OCH3 is 1. The van der Waals surface area contributed by atoms with E-state index in [0.29, 0.717) is 0 Å². The number of ether oxygens (including phenoxy) is 1. The maximum Gasteiger partial charge on any atom is 0.162 e. The van der Waals surface area contributed by atoms with Crippen molar-refractivity contribution in [3.05, 3.63) is 30.3 Å². The van der Waals surface area contributed by atoms with Crippen LogP contribution >= 0.6 is 24.2 Å². The quantitative estimate of drug-likeness (QED) is 0.584. The van der Waals surface area contributed by atoms with Gasteiger partial charge in [0.1, 0.15) is 16.6 Å². The Balaban J connectivity index is 0.00000225. The summed E-state index contributed by atoms with van der Waals surface area (Å²) in [5.41, 5.74) is 1.02. The first-order valence-corrected chi connectivity index (χ1v) is 9.28. The molecule has 1 aromatic carbocycles. The average Bonchev–Trinajstić information content (AvgIpc) is 2.62. The van der Waals surface area contributed by atoms with Crippen molar-refractivity contribution in [3.63, 3.8) is 0 Å². The number of hydrogen-bond acceptors (Lipinski definition) is 6. The minimum Gasteiger partial charge on any atom is -0.497 e. The van der Waals surface area contributed by atoms with E-state index < -0.39 is 0 Å². The summed E-state index contributed by atoms with van der Waals surface area (Å²) in [5, 5.41) is 1.03. The van der Waals surface area contributed by atoms with Gasteiger partial charge in [0, 0.05) is 37.8 Å². The van der Waals surface area contributed by atoms with Crippen LogP contribution in [0.15, 0.2) is 35.4 Å². The van der Waals surface area contributed by atoms with Gasteiger partial charge in [-0.2, -0.15) is 0 Å². The summed E-state index contributed by atoms with van der Waals surface area (Å²) >= 11 is 1.76. The second kappa shape index (κ2) is 9.27. The van der Waals surface area contributed by atoms with Crippen molar-refractivity contribution in [2.45, 2.75) is 11.9 Å². The van der Waals surface area contributed by atoms with Gasteiger partial charge in [0.15, 0.2) is 5.82 Å². The zero-order valence-corrected chi connectivity index (χ0v) is 16.6. The number of piperazine rings is 1. The van der Waals surface area contributed by atoms with Crippen LogP contribution in [0.2, 0.25) is 0 Å². The number of anilines is 1. The Kier molecular flexibility index (Phi) is 7.35. The molecule has 0 amide bonds. The lowest BCUT2D eigenvalue weighted by molar-refractivity contribution is 0.312. The molecule has 0 spiro atoms. The highest BCUT2D eigenvalue weighted by atomic mass is 35.5. The maximum absolute atomic E-state index is 5.24. The lowest BCUT2D eigenvalue weighted by Gasteiger charge is -2.33. The molecule has 1 aliphatic rings. The summed E-state index contributed by atoms with van der Waals surface area (Å²) in [6.45, 7) is 6.29. The summed E-state index contributed by atoms with van der Waals surface area (Å²) < 4.78 is 5.24. The molecule has 0 unspecified atom stereocenters. The number of likely N-dealkylation sites (N-methyl/N-ethyl adjacent to an activating group) is 1. The third-order valence-corrected chi connectivity index (χ3v) is 4.95. The van der Waals surface area contributed by atoms with Crippen LogP contribution in [0.4, 0.5) is 5.82 Å². The Morgan fingerprint density at radius 1 is 1.08 bits per heavy atom. The molecule has 3 rings (SSSR count). The van der Waals surface area contributed by atoms with Gasteiger partial charge in [-0.25, -0.2) is 9.97 Å². The number of nitrogens with zero attached hydrogens (tertiary/aromatic N) is 4. The number of benzene rings is 1. The lowest BCUT2D eigenvalue weighted by Crippen LogP contribution is -2.44. The number of thioether (sulfide) groups is 1. The first kappa shape index (κ1) is 19.8. The molecule has 0 atom stereocenters. The molecule has 2 heterocycles. The van der Waals surface area contributed by atoms with Crippen molar-refractivity contribution in [2.75, 3.05) is 51.0 Å². The molecule has 0 saturated carbocycles. The van der Waals surface area contributed by atoms with Gasteiger partial charge in [0.05, 0.1) is 7.11 Å². The molecule has 7 heteroatoms. The zero-order chi connectivity index (χ0) is 16.9. The minimum absolute atomic E-state index is 0.